The number of hydrogen-bond donors (Lipinski definition) is 0. The summed E-state index contributed by atoms with van der Waals surface area (Å²) in [5, 5.41) is 3.67. The van der Waals surface area contributed by atoms with Crippen LogP contribution in [0.4, 0.5) is 0 Å². The molecule has 0 aliphatic heterocycles. The van der Waals surface area contributed by atoms with Gasteiger partial charge in [-0.25, -0.2) is 9.59 Å². The van der Waals surface area contributed by atoms with Crippen molar-refractivity contribution in [2.75, 3.05) is 14.2 Å². The number of methoxy groups -OCH3 is 2. The highest BCUT2D eigenvalue weighted by atomic mass is 16.5. The zero-order chi connectivity index (χ0) is 19.7. The second kappa shape index (κ2) is 7.16. The summed E-state index contributed by atoms with van der Waals surface area (Å²) in [5.41, 5.74) is 2.15. The molecule has 0 heterocycles. The summed E-state index contributed by atoms with van der Waals surface area (Å²) < 4.78 is 10.1. The standard InChI is InChI=1S/C24H18O4/c1-27-23(25)19-13-11-15-7-3-5-9-17(15)21(19)22-18-10-6-4-8-16(18)12-14-20(22)24(26)28-2/h3-14H,1-2H3. The Morgan fingerprint density at radius 1 is 0.571 bits per heavy atom. The highest BCUT2D eigenvalue weighted by Gasteiger charge is 2.23. The van der Waals surface area contributed by atoms with Crippen LogP contribution in [-0.2, 0) is 9.47 Å². The molecule has 0 aromatic heterocycles. The van der Waals surface area contributed by atoms with Crippen molar-refractivity contribution in [1.82, 2.24) is 0 Å². The fourth-order valence-electron chi connectivity index (χ4n) is 3.64. The molecular weight excluding hydrogens is 352 g/mol. The lowest BCUT2D eigenvalue weighted by atomic mass is 9.87. The minimum Gasteiger partial charge on any atom is -0.465 e. The fraction of sp³-hybridized carbons (Fsp3) is 0.0833. The first-order valence-electron chi connectivity index (χ1n) is 8.86. The summed E-state index contributed by atoms with van der Waals surface area (Å²) >= 11 is 0. The monoisotopic (exact) mass is 370 g/mol. The lowest BCUT2D eigenvalue weighted by Crippen LogP contribution is -2.08. The van der Waals surface area contributed by atoms with Crippen LogP contribution >= 0.6 is 0 Å². The molecule has 4 heteroatoms. The van der Waals surface area contributed by atoms with Gasteiger partial charge in [-0.05, 0) is 33.7 Å². The Bertz CT molecular complexity index is 1130. The van der Waals surface area contributed by atoms with Crippen LogP contribution in [0, 0.1) is 0 Å². The number of rotatable bonds is 3. The topological polar surface area (TPSA) is 52.6 Å². The SMILES string of the molecule is COC(=O)c1ccc2ccccc2c1-c1c(C(=O)OC)ccc2ccccc12. The van der Waals surface area contributed by atoms with Crippen LogP contribution in [0.3, 0.4) is 0 Å². The van der Waals surface area contributed by atoms with E-state index in [0.29, 0.717) is 22.3 Å². The summed E-state index contributed by atoms with van der Waals surface area (Å²) in [5.74, 6) is -0.908. The molecule has 0 atom stereocenters. The lowest BCUT2D eigenvalue weighted by Gasteiger charge is -2.17. The highest BCUT2D eigenvalue weighted by Crippen LogP contribution is 2.39. The third kappa shape index (κ3) is 2.79. The molecule has 0 unspecified atom stereocenters. The van der Waals surface area contributed by atoms with Crippen molar-refractivity contribution < 1.29 is 19.1 Å². The van der Waals surface area contributed by atoms with E-state index >= 15 is 0 Å². The summed E-state index contributed by atoms with van der Waals surface area (Å²) in [6.07, 6.45) is 0. The molecule has 138 valence electrons. The highest BCUT2D eigenvalue weighted by molar-refractivity contribution is 6.17. The van der Waals surface area contributed by atoms with Crippen molar-refractivity contribution in [3.05, 3.63) is 83.9 Å². The van der Waals surface area contributed by atoms with E-state index in [9.17, 15) is 9.59 Å². The molecule has 4 aromatic carbocycles. The molecule has 0 saturated heterocycles. The molecule has 0 fully saturated rings. The van der Waals surface area contributed by atoms with E-state index in [2.05, 4.69) is 0 Å². The summed E-state index contributed by atoms with van der Waals surface area (Å²) in [4.78, 5) is 25.2. The van der Waals surface area contributed by atoms with E-state index in [4.69, 9.17) is 9.47 Å². The molecule has 0 radical (unpaired) electrons. The van der Waals surface area contributed by atoms with Gasteiger partial charge in [0.2, 0.25) is 0 Å². The van der Waals surface area contributed by atoms with Crippen LogP contribution in [0.5, 0.6) is 0 Å². The van der Waals surface area contributed by atoms with E-state index < -0.39 is 11.9 Å². The zero-order valence-corrected chi connectivity index (χ0v) is 15.6. The van der Waals surface area contributed by atoms with Gasteiger partial charge in [0, 0.05) is 11.1 Å². The van der Waals surface area contributed by atoms with Gasteiger partial charge >= 0.3 is 11.9 Å². The Balaban J connectivity index is 2.23. The van der Waals surface area contributed by atoms with Gasteiger partial charge in [-0.1, -0.05) is 60.7 Å². The smallest absolute Gasteiger partial charge is 0.338 e. The second-order valence-electron chi connectivity index (χ2n) is 6.40. The van der Waals surface area contributed by atoms with Crippen LogP contribution < -0.4 is 0 Å². The Labute approximate surface area is 162 Å². The molecule has 4 nitrogen and oxygen atoms in total. The molecule has 0 aliphatic rings. The van der Waals surface area contributed by atoms with Gasteiger partial charge < -0.3 is 9.47 Å². The normalized spacial score (nSPS) is 10.8. The van der Waals surface area contributed by atoms with Crippen LogP contribution in [0.25, 0.3) is 32.7 Å². The number of esters is 2. The summed E-state index contributed by atoms with van der Waals surface area (Å²) in [6.45, 7) is 0. The van der Waals surface area contributed by atoms with Crippen molar-refractivity contribution >= 4 is 33.5 Å². The van der Waals surface area contributed by atoms with Gasteiger partial charge in [-0.3, -0.25) is 0 Å². The average Bonchev–Trinajstić information content (AvgIpc) is 2.76. The van der Waals surface area contributed by atoms with E-state index in [-0.39, 0.29) is 0 Å². The molecule has 0 amide bonds. The fourth-order valence-corrected chi connectivity index (χ4v) is 3.64. The van der Waals surface area contributed by atoms with E-state index in [1.807, 2.05) is 60.7 Å². The Morgan fingerprint density at radius 2 is 0.964 bits per heavy atom. The van der Waals surface area contributed by atoms with Gasteiger partial charge in [0.05, 0.1) is 25.3 Å². The second-order valence-corrected chi connectivity index (χ2v) is 6.40. The van der Waals surface area contributed by atoms with E-state index in [1.54, 1.807) is 12.1 Å². The van der Waals surface area contributed by atoms with Crippen LogP contribution in [0.1, 0.15) is 20.7 Å². The average molecular weight is 370 g/mol. The van der Waals surface area contributed by atoms with Crippen molar-refractivity contribution in [1.29, 1.82) is 0 Å². The van der Waals surface area contributed by atoms with E-state index in [1.165, 1.54) is 14.2 Å². The largest absolute Gasteiger partial charge is 0.465 e. The lowest BCUT2D eigenvalue weighted by molar-refractivity contribution is 0.0590. The quantitative estimate of drug-likeness (QED) is 0.463. The van der Waals surface area contributed by atoms with Gasteiger partial charge in [-0.2, -0.15) is 0 Å². The minimum atomic E-state index is -0.454. The molecule has 28 heavy (non-hydrogen) atoms. The van der Waals surface area contributed by atoms with Gasteiger partial charge in [0.25, 0.3) is 0 Å². The third-order valence-corrected chi connectivity index (χ3v) is 4.92. The number of carbonyl (C=O) groups is 2. The number of ether oxygens (including phenoxy) is 2. The first kappa shape index (κ1) is 17.7. The van der Waals surface area contributed by atoms with Gasteiger partial charge in [0.15, 0.2) is 0 Å². The number of fused-ring (bicyclic) bond motifs is 2. The molecule has 0 aliphatic carbocycles. The molecule has 0 N–H and O–H groups in total. The zero-order valence-electron chi connectivity index (χ0n) is 15.6. The molecule has 4 rings (SSSR count). The number of benzene rings is 4. The molecule has 4 aromatic rings. The molecule has 0 spiro atoms. The first-order chi connectivity index (χ1) is 13.7. The maximum Gasteiger partial charge on any atom is 0.338 e. The molecule has 0 saturated carbocycles. The van der Waals surface area contributed by atoms with Crippen LogP contribution in [0.15, 0.2) is 72.8 Å². The Kier molecular flexibility index (Phi) is 4.53. The molecular formula is C24H18O4. The summed E-state index contributed by atoms with van der Waals surface area (Å²) in [6, 6.07) is 22.8. The van der Waals surface area contributed by atoms with E-state index in [0.717, 1.165) is 21.5 Å². The van der Waals surface area contributed by atoms with Crippen molar-refractivity contribution in [2.24, 2.45) is 0 Å². The first-order valence-corrected chi connectivity index (χ1v) is 8.86. The van der Waals surface area contributed by atoms with Gasteiger partial charge in [0.1, 0.15) is 0 Å². The predicted octanol–water partition coefficient (Wildman–Crippen LogP) is 5.23. The van der Waals surface area contributed by atoms with Crippen molar-refractivity contribution in [3.8, 4) is 11.1 Å². The molecule has 0 bridgehead atoms. The Morgan fingerprint density at radius 3 is 1.36 bits per heavy atom. The Hall–Kier alpha value is -3.66. The van der Waals surface area contributed by atoms with Gasteiger partial charge in [-0.15, -0.1) is 0 Å². The predicted molar refractivity (Wildman–Crippen MR) is 110 cm³/mol. The maximum absolute atomic E-state index is 12.6. The maximum atomic E-state index is 12.6. The minimum absolute atomic E-state index is 0.405. The van der Waals surface area contributed by atoms with Crippen LogP contribution in [0.2, 0.25) is 0 Å². The summed E-state index contributed by atoms with van der Waals surface area (Å²) in [7, 11) is 2.71. The van der Waals surface area contributed by atoms with Crippen molar-refractivity contribution in [2.45, 2.75) is 0 Å². The van der Waals surface area contributed by atoms with Crippen molar-refractivity contribution in [3.63, 3.8) is 0 Å². The number of hydrogen-bond acceptors (Lipinski definition) is 4. The van der Waals surface area contributed by atoms with Crippen LogP contribution in [-0.4, -0.2) is 26.2 Å². The third-order valence-electron chi connectivity index (χ3n) is 4.92. The number of carbonyl (C=O) groups excluding carboxylic acids is 2.